The summed E-state index contributed by atoms with van der Waals surface area (Å²) >= 11 is 0. The molecule has 2 rings (SSSR count). The molecule has 1 heterocycles. The lowest BCUT2D eigenvalue weighted by Gasteiger charge is -2.08. The Morgan fingerprint density at radius 3 is 2.90 bits per heavy atom. The molecule has 0 aliphatic rings. The maximum absolute atomic E-state index is 13.3. The summed E-state index contributed by atoms with van der Waals surface area (Å²) in [5.74, 6) is -0.620. The standard InChI is InChI=1S/C12H15FN4O3S/c1-20-12-6-9(2-3-11(12)13)16-21(18,19)10-7-15-17(8-10)5-4-14/h2-3,6-8,16H,4-5,14H2,1H3. The first-order valence-corrected chi connectivity index (χ1v) is 7.53. The van der Waals surface area contributed by atoms with Gasteiger partial charge >= 0.3 is 0 Å². The Balaban J connectivity index is 2.24. The highest BCUT2D eigenvalue weighted by Gasteiger charge is 2.17. The Morgan fingerprint density at radius 1 is 1.48 bits per heavy atom. The Bertz CT molecular complexity index is 730. The van der Waals surface area contributed by atoms with Crippen LogP contribution in [-0.2, 0) is 16.6 Å². The first-order valence-electron chi connectivity index (χ1n) is 6.05. The molecular formula is C12H15FN4O3S. The zero-order valence-electron chi connectivity index (χ0n) is 11.3. The highest BCUT2D eigenvalue weighted by molar-refractivity contribution is 7.92. The predicted molar refractivity (Wildman–Crippen MR) is 75.0 cm³/mol. The van der Waals surface area contributed by atoms with Crippen molar-refractivity contribution < 1.29 is 17.5 Å². The van der Waals surface area contributed by atoms with E-state index in [2.05, 4.69) is 9.82 Å². The van der Waals surface area contributed by atoms with E-state index in [-0.39, 0.29) is 16.3 Å². The van der Waals surface area contributed by atoms with E-state index in [9.17, 15) is 12.8 Å². The second kappa shape index (κ2) is 6.10. The van der Waals surface area contributed by atoms with Crippen LogP contribution in [0.4, 0.5) is 10.1 Å². The molecule has 2 aromatic rings. The first kappa shape index (κ1) is 15.3. The van der Waals surface area contributed by atoms with Gasteiger partial charge in [-0.25, -0.2) is 12.8 Å². The molecule has 0 aliphatic carbocycles. The van der Waals surface area contributed by atoms with Crippen molar-refractivity contribution in [2.24, 2.45) is 5.73 Å². The lowest BCUT2D eigenvalue weighted by atomic mass is 10.3. The monoisotopic (exact) mass is 314 g/mol. The van der Waals surface area contributed by atoms with Gasteiger partial charge in [0.05, 0.1) is 25.5 Å². The van der Waals surface area contributed by atoms with E-state index in [1.807, 2.05) is 0 Å². The van der Waals surface area contributed by atoms with Crippen LogP contribution in [0.15, 0.2) is 35.5 Å². The van der Waals surface area contributed by atoms with E-state index in [1.54, 1.807) is 0 Å². The van der Waals surface area contributed by atoms with Gasteiger partial charge < -0.3 is 10.5 Å². The molecule has 3 N–H and O–H groups in total. The van der Waals surface area contributed by atoms with E-state index in [1.165, 1.54) is 36.3 Å². The van der Waals surface area contributed by atoms with Gasteiger partial charge in [-0.3, -0.25) is 9.40 Å². The third-order valence-corrected chi connectivity index (χ3v) is 4.02. The van der Waals surface area contributed by atoms with Crippen LogP contribution in [0.5, 0.6) is 5.75 Å². The van der Waals surface area contributed by atoms with Gasteiger partial charge in [0.25, 0.3) is 10.0 Å². The van der Waals surface area contributed by atoms with Crippen molar-refractivity contribution in [2.45, 2.75) is 11.4 Å². The van der Waals surface area contributed by atoms with Gasteiger partial charge in [-0.05, 0) is 12.1 Å². The molecule has 0 saturated heterocycles. The number of methoxy groups -OCH3 is 1. The Labute approximate surface area is 121 Å². The zero-order valence-corrected chi connectivity index (χ0v) is 12.1. The minimum atomic E-state index is -3.80. The average Bonchev–Trinajstić information content (AvgIpc) is 2.91. The van der Waals surface area contributed by atoms with E-state index in [0.29, 0.717) is 13.1 Å². The van der Waals surface area contributed by atoms with Crippen molar-refractivity contribution in [1.82, 2.24) is 9.78 Å². The van der Waals surface area contributed by atoms with Gasteiger partial charge in [0.2, 0.25) is 0 Å². The number of halogens is 1. The summed E-state index contributed by atoms with van der Waals surface area (Å²) in [4.78, 5) is -0.000702. The molecule has 114 valence electrons. The van der Waals surface area contributed by atoms with Crippen molar-refractivity contribution in [2.75, 3.05) is 18.4 Å². The van der Waals surface area contributed by atoms with Gasteiger partial charge in [0.15, 0.2) is 11.6 Å². The van der Waals surface area contributed by atoms with Gasteiger partial charge in [0.1, 0.15) is 4.90 Å². The van der Waals surface area contributed by atoms with Crippen molar-refractivity contribution in [3.63, 3.8) is 0 Å². The largest absolute Gasteiger partial charge is 0.494 e. The topological polar surface area (TPSA) is 99.2 Å². The molecule has 0 radical (unpaired) electrons. The number of nitrogens with one attached hydrogen (secondary N) is 1. The number of nitrogens with two attached hydrogens (primary N) is 1. The maximum Gasteiger partial charge on any atom is 0.265 e. The zero-order chi connectivity index (χ0) is 15.5. The fourth-order valence-electron chi connectivity index (χ4n) is 1.68. The molecule has 21 heavy (non-hydrogen) atoms. The molecule has 0 bridgehead atoms. The van der Waals surface area contributed by atoms with E-state index in [0.717, 1.165) is 6.07 Å². The van der Waals surface area contributed by atoms with Crippen molar-refractivity contribution in [3.8, 4) is 5.75 Å². The van der Waals surface area contributed by atoms with Crippen molar-refractivity contribution in [3.05, 3.63) is 36.4 Å². The van der Waals surface area contributed by atoms with Crippen LogP contribution in [0.25, 0.3) is 0 Å². The number of nitrogens with zero attached hydrogens (tertiary/aromatic N) is 2. The van der Waals surface area contributed by atoms with Crippen LogP contribution in [0.1, 0.15) is 0 Å². The van der Waals surface area contributed by atoms with Gasteiger partial charge in [0, 0.05) is 18.8 Å². The third-order valence-electron chi connectivity index (χ3n) is 2.68. The number of hydrogen-bond donors (Lipinski definition) is 2. The summed E-state index contributed by atoms with van der Waals surface area (Å²) in [6.07, 6.45) is 2.59. The SMILES string of the molecule is COc1cc(NS(=O)(=O)c2cnn(CCN)c2)ccc1F. The predicted octanol–water partition coefficient (Wildman–Crippen LogP) is 0.790. The summed E-state index contributed by atoms with van der Waals surface area (Å²) in [7, 11) is -2.50. The van der Waals surface area contributed by atoms with Crippen LogP contribution in [0.2, 0.25) is 0 Å². The summed E-state index contributed by atoms with van der Waals surface area (Å²) in [5.41, 5.74) is 5.57. The number of ether oxygens (including phenoxy) is 1. The third kappa shape index (κ3) is 3.50. The summed E-state index contributed by atoms with van der Waals surface area (Å²) < 4.78 is 46.2. The molecule has 0 unspecified atom stereocenters. The number of hydrogen-bond acceptors (Lipinski definition) is 5. The van der Waals surface area contributed by atoms with Crippen LogP contribution in [0, 0.1) is 5.82 Å². The Kier molecular flexibility index (Phi) is 4.43. The molecule has 7 nitrogen and oxygen atoms in total. The quantitative estimate of drug-likeness (QED) is 0.821. The molecule has 1 aromatic carbocycles. The molecule has 0 amide bonds. The summed E-state index contributed by atoms with van der Waals surface area (Å²) in [5, 5.41) is 3.89. The van der Waals surface area contributed by atoms with Gasteiger partial charge in [-0.1, -0.05) is 0 Å². The maximum atomic E-state index is 13.3. The second-order valence-corrected chi connectivity index (χ2v) is 5.87. The van der Waals surface area contributed by atoms with Gasteiger partial charge in [-0.2, -0.15) is 5.10 Å². The molecule has 0 aliphatic heterocycles. The number of anilines is 1. The van der Waals surface area contributed by atoms with Crippen molar-refractivity contribution in [1.29, 1.82) is 0 Å². The number of rotatable bonds is 6. The number of benzene rings is 1. The Morgan fingerprint density at radius 2 is 2.24 bits per heavy atom. The fourth-order valence-corrected chi connectivity index (χ4v) is 2.68. The van der Waals surface area contributed by atoms with Gasteiger partial charge in [-0.15, -0.1) is 0 Å². The first-order chi connectivity index (χ1) is 9.96. The smallest absolute Gasteiger partial charge is 0.265 e. The lowest BCUT2D eigenvalue weighted by Crippen LogP contribution is -2.13. The van der Waals surface area contributed by atoms with Crippen LogP contribution in [0.3, 0.4) is 0 Å². The van der Waals surface area contributed by atoms with Crippen LogP contribution in [-0.4, -0.2) is 31.9 Å². The molecule has 0 fully saturated rings. The second-order valence-electron chi connectivity index (χ2n) is 4.18. The molecule has 0 saturated carbocycles. The molecule has 9 heteroatoms. The highest BCUT2D eigenvalue weighted by atomic mass is 32.2. The van der Waals surface area contributed by atoms with Crippen LogP contribution >= 0.6 is 0 Å². The summed E-state index contributed by atoms with van der Waals surface area (Å²) in [6.45, 7) is 0.768. The Hall–Kier alpha value is -2.13. The molecule has 1 aromatic heterocycles. The molecule has 0 spiro atoms. The van der Waals surface area contributed by atoms with E-state index < -0.39 is 15.8 Å². The van der Waals surface area contributed by atoms with Crippen LogP contribution < -0.4 is 15.2 Å². The highest BCUT2D eigenvalue weighted by Crippen LogP contribution is 2.23. The summed E-state index contributed by atoms with van der Waals surface area (Å²) in [6, 6.07) is 3.69. The minimum Gasteiger partial charge on any atom is -0.494 e. The average molecular weight is 314 g/mol. The fraction of sp³-hybridized carbons (Fsp3) is 0.250. The molecule has 0 atom stereocenters. The number of aromatic nitrogens is 2. The van der Waals surface area contributed by atoms with Crippen molar-refractivity contribution >= 4 is 15.7 Å². The normalized spacial score (nSPS) is 11.4. The molecular weight excluding hydrogens is 299 g/mol. The lowest BCUT2D eigenvalue weighted by molar-refractivity contribution is 0.387. The van der Waals surface area contributed by atoms with E-state index >= 15 is 0 Å². The minimum absolute atomic E-state index is 0.000702. The van der Waals surface area contributed by atoms with E-state index in [4.69, 9.17) is 10.5 Å². The number of sulfonamides is 1.